The first-order valence-corrected chi connectivity index (χ1v) is 32.7. The molecular formula is C89H83N5. The van der Waals surface area contributed by atoms with Gasteiger partial charge < -0.3 is 18.9 Å². The summed E-state index contributed by atoms with van der Waals surface area (Å²) in [5.41, 5.74) is 22.8. The molecule has 0 N–H and O–H groups in total. The van der Waals surface area contributed by atoms with Crippen LogP contribution >= 0.6 is 0 Å². The number of benzene rings is 11. The van der Waals surface area contributed by atoms with Gasteiger partial charge in [0.05, 0.1) is 53.8 Å². The van der Waals surface area contributed by atoms with E-state index in [2.05, 4.69) is 311 Å². The van der Waals surface area contributed by atoms with Crippen molar-refractivity contribution in [2.45, 2.75) is 92.9 Å². The summed E-state index contributed by atoms with van der Waals surface area (Å²) in [5.74, 6) is 11.4. The third kappa shape index (κ3) is 11.3. The molecule has 1 aliphatic heterocycles. The van der Waals surface area contributed by atoms with Crippen molar-refractivity contribution in [2.75, 3.05) is 29.4 Å². The second kappa shape index (κ2) is 27.9. The molecule has 5 nitrogen and oxygen atoms in total. The van der Waals surface area contributed by atoms with Gasteiger partial charge in [0.2, 0.25) is 0 Å². The van der Waals surface area contributed by atoms with Gasteiger partial charge >= 0.3 is 0 Å². The first-order chi connectivity index (χ1) is 45.6. The minimum Gasteiger partial charge on any atom is -0.330 e. The number of anilines is 4. The van der Waals surface area contributed by atoms with Gasteiger partial charge in [0, 0.05) is 62.8 Å². The summed E-state index contributed by atoms with van der Waals surface area (Å²) in [7, 11) is 0. The molecule has 5 heteroatoms. The zero-order valence-corrected chi connectivity index (χ0v) is 54.6. The molecule has 0 atom stereocenters. The highest BCUT2D eigenvalue weighted by atomic mass is 15.2. The molecule has 0 saturated heterocycles. The first-order valence-electron chi connectivity index (χ1n) is 32.7. The van der Waals surface area contributed by atoms with Gasteiger partial charge in [-0.15, -0.1) is 25.7 Å². The average molecular weight is 1220 g/mol. The van der Waals surface area contributed by atoms with E-state index in [4.69, 9.17) is 25.7 Å². The molecule has 0 bridgehead atoms. The Kier molecular flexibility index (Phi) is 19.2. The van der Waals surface area contributed by atoms with Gasteiger partial charge in [-0.1, -0.05) is 261 Å². The molecule has 2 aliphatic carbocycles. The van der Waals surface area contributed by atoms with Crippen LogP contribution in [0.4, 0.5) is 22.7 Å². The van der Waals surface area contributed by atoms with E-state index in [1.807, 2.05) is 27.7 Å². The Morgan fingerprint density at radius 3 is 1.30 bits per heavy atom. The van der Waals surface area contributed by atoms with Crippen LogP contribution in [-0.2, 0) is 37.0 Å². The quantitative estimate of drug-likeness (QED) is 0.134. The molecule has 0 radical (unpaired) electrons. The maximum atomic E-state index is 5.98. The Hall–Kier alpha value is -10.9. The standard InChI is InChI=1S/C45H37N3.C24H16N2.C15H14.2C2H6.CH4/c1-4-26-47(39-23-21-33-13-6-7-14-34(33)29-39)37-15-12-16-38(31-37)48(27-5-2)40-24-22-36-32-46(28-25-35(36)30-40)45(3)43-19-10-8-17-41(43)42-18-9-11-20-44(42)45;1-3-15-25-21-11-7-5-9-17(21)19-13-14-20-18-10-6-8-12-22(18)26(16-4-2)24(20)23(19)25;1-15(2)13-9-5-3-7-11(13)12-8-4-6-10-14(12)15;2*1-2;/h1-2,6-24,29-31H,25-28,32H2,3H3;1-2,5-14H,15-16H2;3-10H,1-2H3;2*1-2H3;1H4. The van der Waals surface area contributed by atoms with E-state index in [-0.39, 0.29) is 18.4 Å². The van der Waals surface area contributed by atoms with E-state index in [9.17, 15) is 0 Å². The lowest BCUT2D eigenvalue weighted by molar-refractivity contribution is 0.126. The van der Waals surface area contributed by atoms with Crippen LogP contribution in [0.1, 0.15) is 89.3 Å². The number of fused-ring (bicyclic) bond motifs is 15. The lowest BCUT2D eigenvalue weighted by atomic mass is 9.82. The Labute approximate surface area is 557 Å². The minimum absolute atomic E-state index is 0. The molecule has 2 aromatic heterocycles. The highest BCUT2D eigenvalue weighted by Gasteiger charge is 2.44. The Morgan fingerprint density at radius 1 is 0.383 bits per heavy atom. The van der Waals surface area contributed by atoms with Crippen LogP contribution in [0.2, 0.25) is 0 Å². The summed E-state index contributed by atoms with van der Waals surface area (Å²) in [4.78, 5) is 7.08. The van der Waals surface area contributed by atoms with Crippen molar-refractivity contribution >= 4 is 77.1 Å². The fourth-order valence-electron chi connectivity index (χ4n) is 14.7. The predicted octanol–water partition coefficient (Wildman–Crippen LogP) is 21.5. The molecule has 0 amide bonds. The monoisotopic (exact) mass is 1220 g/mol. The number of para-hydroxylation sites is 2. The second-order valence-corrected chi connectivity index (χ2v) is 24.1. The van der Waals surface area contributed by atoms with Crippen molar-refractivity contribution in [3.63, 3.8) is 0 Å². The van der Waals surface area contributed by atoms with Crippen molar-refractivity contribution in [3.05, 3.63) is 276 Å². The summed E-state index contributed by atoms with van der Waals surface area (Å²) >= 11 is 0. The lowest BCUT2D eigenvalue weighted by Crippen LogP contribution is -2.46. The number of aromatic nitrogens is 2. The highest BCUT2D eigenvalue weighted by molar-refractivity contribution is 6.22. The van der Waals surface area contributed by atoms with Gasteiger partial charge in [-0.2, -0.15) is 0 Å². The van der Waals surface area contributed by atoms with Crippen LogP contribution < -0.4 is 9.80 Å². The Bertz CT molecular complexity index is 4890. The molecule has 16 rings (SSSR count). The van der Waals surface area contributed by atoms with Gasteiger partial charge in [0.1, 0.15) is 0 Å². The Morgan fingerprint density at radius 2 is 0.798 bits per heavy atom. The SMILES string of the molecule is C.C#CCN(c1cccc(N(CC#C)c2ccc3ccccc3c2)c1)c1ccc2c(c1)CCN(C1(C)c3ccccc3-c3ccccc31)C2.C#CCn1c2ccccc2c2ccc3c4ccccc4n(CC#C)c3c21.CC.CC.CC1(C)c2ccccc2-c2ccccc21. The zero-order chi connectivity index (χ0) is 64.8. The first kappa shape index (κ1) is 64.6. The largest absolute Gasteiger partial charge is 0.330 e. The van der Waals surface area contributed by atoms with Gasteiger partial charge in [-0.3, -0.25) is 4.90 Å². The van der Waals surface area contributed by atoms with E-state index < -0.39 is 0 Å². The molecule has 0 unspecified atom stereocenters. The summed E-state index contributed by atoms with van der Waals surface area (Å²) < 4.78 is 4.47. The van der Waals surface area contributed by atoms with E-state index >= 15 is 0 Å². The maximum Gasteiger partial charge on any atom is 0.0841 e. The molecule has 0 saturated carbocycles. The highest BCUT2D eigenvalue weighted by Crippen LogP contribution is 2.52. The van der Waals surface area contributed by atoms with Gasteiger partial charge in [-0.25, -0.2) is 0 Å². The normalized spacial score (nSPS) is 13.1. The number of nitrogens with zero attached hydrogens (tertiary/aromatic N) is 5. The smallest absolute Gasteiger partial charge is 0.0841 e. The molecule has 94 heavy (non-hydrogen) atoms. The predicted molar refractivity (Wildman–Crippen MR) is 405 cm³/mol. The summed E-state index contributed by atoms with van der Waals surface area (Å²) in [5, 5.41) is 7.26. The van der Waals surface area contributed by atoms with Crippen molar-refractivity contribution in [3.8, 4) is 71.6 Å². The minimum atomic E-state index is -0.172. The van der Waals surface area contributed by atoms with Crippen LogP contribution in [0.3, 0.4) is 0 Å². The van der Waals surface area contributed by atoms with E-state index in [1.165, 1.54) is 88.0 Å². The van der Waals surface area contributed by atoms with Crippen LogP contribution in [0.5, 0.6) is 0 Å². The number of rotatable bonds is 9. The molecule has 0 spiro atoms. The van der Waals surface area contributed by atoms with Crippen molar-refractivity contribution < 1.29 is 0 Å². The molecule has 464 valence electrons. The fourth-order valence-corrected chi connectivity index (χ4v) is 14.7. The maximum absolute atomic E-state index is 5.98. The summed E-state index contributed by atoms with van der Waals surface area (Å²) in [6, 6.07) is 86.8. The molecule has 3 heterocycles. The fraction of sp³-hybridized carbons (Fsp3) is 0.191. The Balaban J connectivity index is 0.000000162. The van der Waals surface area contributed by atoms with Crippen LogP contribution in [-0.4, -0.2) is 33.7 Å². The molecule has 0 fully saturated rings. The molecule has 3 aliphatic rings. The topological polar surface area (TPSA) is 19.6 Å². The number of hydrogen-bond donors (Lipinski definition) is 0. The summed E-state index contributed by atoms with van der Waals surface area (Å²) in [6.07, 6.45) is 24.3. The molecule has 13 aromatic rings. The van der Waals surface area contributed by atoms with E-state index in [1.54, 1.807) is 0 Å². The van der Waals surface area contributed by atoms with E-state index in [0.717, 1.165) is 64.3 Å². The van der Waals surface area contributed by atoms with Gasteiger partial charge in [-0.05, 0) is 134 Å². The van der Waals surface area contributed by atoms with Crippen LogP contribution in [0, 0.1) is 49.4 Å². The molecule has 11 aromatic carbocycles. The van der Waals surface area contributed by atoms with Gasteiger partial charge in [0.15, 0.2) is 0 Å². The number of hydrogen-bond acceptors (Lipinski definition) is 3. The third-order valence-corrected chi connectivity index (χ3v) is 19.0. The van der Waals surface area contributed by atoms with E-state index in [0.29, 0.717) is 26.2 Å². The third-order valence-electron chi connectivity index (χ3n) is 19.0. The second-order valence-electron chi connectivity index (χ2n) is 24.1. The van der Waals surface area contributed by atoms with Gasteiger partial charge in [0.25, 0.3) is 0 Å². The number of terminal acetylenes is 4. The van der Waals surface area contributed by atoms with Crippen molar-refractivity contribution in [1.29, 1.82) is 0 Å². The van der Waals surface area contributed by atoms with Crippen molar-refractivity contribution in [1.82, 2.24) is 14.0 Å². The lowest BCUT2D eigenvalue weighted by Gasteiger charge is -2.43. The van der Waals surface area contributed by atoms with Crippen LogP contribution in [0.25, 0.3) is 76.6 Å². The summed E-state index contributed by atoms with van der Waals surface area (Å²) in [6.45, 7) is 18.9. The zero-order valence-electron chi connectivity index (χ0n) is 54.6. The van der Waals surface area contributed by atoms with Crippen LogP contribution in [0.15, 0.2) is 243 Å². The molecular weight excluding hydrogens is 1140 g/mol. The average Bonchev–Trinajstić information content (AvgIpc) is 1.57. The van der Waals surface area contributed by atoms with Crippen molar-refractivity contribution in [2.24, 2.45) is 0 Å².